The third-order valence-corrected chi connectivity index (χ3v) is 1.61. The van der Waals surface area contributed by atoms with Crippen molar-refractivity contribution in [2.24, 2.45) is 5.73 Å². The lowest BCUT2D eigenvalue weighted by atomic mass is 10.2. The van der Waals surface area contributed by atoms with Gasteiger partial charge in [0.15, 0.2) is 6.61 Å². The van der Waals surface area contributed by atoms with Gasteiger partial charge in [-0.3, -0.25) is 0 Å². The Labute approximate surface area is 86.0 Å². The van der Waals surface area contributed by atoms with Crippen LogP contribution in [0.2, 0.25) is 0 Å². The quantitative estimate of drug-likeness (QED) is 0.747. The molecule has 7 heteroatoms. The van der Waals surface area contributed by atoms with Gasteiger partial charge in [-0.05, 0) is 6.42 Å². The first-order chi connectivity index (χ1) is 6.89. The molecule has 0 fully saturated rings. The van der Waals surface area contributed by atoms with Crippen LogP contribution in [-0.2, 0) is 4.74 Å². The molecule has 0 aromatic carbocycles. The largest absolute Gasteiger partial charge is 0.440 e. The van der Waals surface area contributed by atoms with Gasteiger partial charge in [0.2, 0.25) is 0 Å². The number of nitrogens with two attached hydrogens (primary N) is 1. The first-order valence-electron chi connectivity index (χ1n) is 4.59. The van der Waals surface area contributed by atoms with Gasteiger partial charge in [0.25, 0.3) is 0 Å². The SMILES string of the molecule is CCCC(CN)NC(=O)OCC(F)(F)F. The van der Waals surface area contributed by atoms with Crippen LogP contribution >= 0.6 is 0 Å². The summed E-state index contributed by atoms with van der Waals surface area (Å²) in [4.78, 5) is 10.8. The van der Waals surface area contributed by atoms with Gasteiger partial charge in [0, 0.05) is 12.6 Å². The van der Waals surface area contributed by atoms with Crippen molar-refractivity contribution in [1.82, 2.24) is 5.32 Å². The number of rotatable bonds is 5. The molecule has 1 unspecified atom stereocenters. The second kappa shape index (κ2) is 6.49. The molecule has 0 radical (unpaired) electrons. The Bertz CT molecular complexity index is 197. The van der Waals surface area contributed by atoms with Gasteiger partial charge >= 0.3 is 12.3 Å². The molecule has 0 spiro atoms. The molecule has 0 aliphatic rings. The van der Waals surface area contributed by atoms with E-state index >= 15 is 0 Å². The number of halogens is 3. The lowest BCUT2D eigenvalue weighted by Gasteiger charge is -2.16. The van der Waals surface area contributed by atoms with Crippen molar-refractivity contribution >= 4 is 6.09 Å². The summed E-state index contributed by atoms with van der Waals surface area (Å²) in [7, 11) is 0. The van der Waals surface area contributed by atoms with Crippen LogP contribution in [0, 0.1) is 0 Å². The minimum atomic E-state index is -4.50. The fourth-order valence-electron chi connectivity index (χ4n) is 0.953. The second-order valence-electron chi connectivity index (χ2n) is 3.06. The molecule has 4 nitrogen and oxygen atoms in total. The van der Waals surface area contributed by atoms with Crippen LogP contribution < -0.4 is 11.1 Å². The van der Waals surface area contributed by atoms with Crippen molar-refractivity contribution in [3.05, 3.63) is 0 Å². The zero-order valence-corrected chi connectivity index (χ0v) is 8.43. The molecule has 0 saturated carbocycles. The summed E-state index contributed by atoms with van der Waals surface area (Å²) in [6.45, 7) is 0.475. The molecule has 0 rings (SSSR count). The fraction of sp³-hybridized carbons (Fsp3) is 0.875. The minimum absolute atomic E-state index is 0.176. The fourth-order valence-corrected chi connectivity index (χ4v) is 0.953. The lowest BCUT2D eigenvalue weighted by Crippen LogP contribution is -2.41. The van der Waals surface area contributed by atoms with Crippen molar-refractivity contribution < 1.29 is 22.7 Å². The number of alkyl halides is 3. The number of carbonyl (C=O) groups excluding carboxylic acids is 1. The molecule has 0 aliphatic carbocycles. The Kier molecular flexibility index (Phi) is 6.07. The highest BCUT2D eigenvalue weighted by Crippen LogP contribution is 2.14. The van der Waals surface area contributed by atoms with Gasteiger partial charge in [-0.1, -0.05) is 13.3 Å². The summed E-state index contributed by atoms with van der Waals surface area (Å²) in [6, 6.07) is -0.337. The summed E-state index contributed by atoms with van der Waals surface area (Å²) >= 11 is 0. The zero-order chi connectivity index (χ0) is 11.9. The molecular formula is C8H15F3N2O2. The molecule has 0 aromatic heterocycles. The van der Waals surface area contributed by atoms with Crippen molar-refractivity contribution in [1.29, 1.82) is 0 Å². The van der Waals surface area contributed by atoms with E-state index in [-0.39, 0.29) is 12.6 Å². The van der Waals surface area contributed by atoms with Gasteiger partial charge in [-0.15, -0.1) is 0 Å². The van der Waals surface area contributed by atoms with Crippen molar-refractivity contribution in [3.8, 4) is 0 Å². The van der Waals surface area contributed by atoms with Crippen LogP contribution in [0.5, 0.6) is 0 Å². The predicted octanol–water partition coefficient (Wildman–Crippen LogP) is 1.40. The Hall–Kier alpha value is -0.980. The third kappa shape index (κ3) is 8.04. The maximum Gasteiger partial charge on any atom is 0.422 e. The molecule has 90 valence electrons. The molecular weight excluding hydrogens is 213 g/mol. The third-order valence-electron chi connectivity index (χ3n) is 1.61. The summed E-state index contributed by atoms with van der Waals surface area (Å²) in [5.74, 6) is 0. The number of amides is 1. The van der Waals surface area contributed by atoms with E-state index in [1.165, 1.54) is 0 Å². The molecule has 1 atom stereocenters. The highest BCUT2D eigenvalue weighted by Gasteiger charge is 2.29. The number of hydrogen-bond donors (Lipinski definition) is 2. The average molecular weight is 228 g/mol. The van der Waals surface area contributed by atoms with E-state index in [9.17, 15) is 18.0 Å². The normalized spacial score (nSPS) is 13.4. The minimum Gasteiger partial charge on any atom is -0.440 e. The van der Waals surface area contributed by atoms with Crippen molar-refractivity contribution in [2.75, 3.05) is 13.2 Å². The number of hydrogen-bond acceptors (Lipinski definition) is 3. The van der Waals surface area contributed by atoms with Gasteiger partial charge in [-0.25, -0.2) is 4.79 Å². The topological polar surface area (TPSA) is 64.3 Å². The first kappa shape index (κ1) is 14.0. The lowest BCUT2D eigenvalue weighted by molar-refractivity contribution is -0.160. The molecule has 3 N–H and O–H groups in total. The van der Waals surface area contributed by atoms with Gasteiger partial charge in [-0.2, -0.15) is 13.2 Å². The standard InChI is InChI=1S/C8H15F3N2O2/c1-2-3-6(4-12)13-7(14)15-5-8(9,10)11/h6H,2-5,12H2,1H3,(H,13,14). The van der Waals surface area contributed by atoms with E-state index in [1.54, 1.807) is 0 Å². The maximum atomic E-state index is 11.7. The summed E-state index contributed by atoms with van der Waals surface area (Å²) < 4.78 is 38.9. The Balaban J connectivity index is 3.81. The van der Waals surface area contributed by atoms with Crippen molar-refractivity contribution in [2.45, 2.75) is 32.0 Å². The number of nitrogens with one attached hydrogen (secondary N) is 1. The van der Waals surface area contributed by atoms with E-state index in [2.05, 4.69) is 10.1 Å². The van der Waals surface area contributed by atoms with Crippen LogP contribution in [-0.4, -0.2) is 31.5 Å². The molecule has 15 heavy (non-hydrogen) atoms. The van der Waals surface area contributed by atoms with E-state index in [0.29, 0.717) is 6.42 Å². The van der Waals surface area contributed by atoms with E-state index < -0.39 is 18.9 Å². The molecule has 0 aliphatic heterocycles. The molecule has 0 aromatic rings. The number of alkyl carbamates (subject to hydrolysis) is 1. The molecule has 1 amide bonds. The smallest absolute Gasteiger partial charge is 0.422 e. The van der Waals surface area contributed by atoms with Gasteiger partial charge < -0.3 is 15.8 Å². The Morgan fingerprint density at radius 1 is 1.53 bits per heavy atom. The second-order valence-corrected chi connectivity index (χ2v) is 3.06. The average Bonchev–Trinajstić information content (AvgIpc) is 2.13. The Morgan fingerprint density at radius 3 is 2.53 bits per heavy atom. The van der Waals surface area contributed by atoms with Crippen LogP contribution in [0.1, 0.15) is 19.8 Å². The Morgan fingerprint density at radius 2 is 2.13 bits per heavy atom. The predicted molar refractivity (Wildman–Crippen MR) is 48.3 cm³/mol. The first-order valence-corrected chi connectivity index (χ1v) is 4.59. The zero-order valence-electron chi connectivity index (χ0n) is 8.43. The van der Waals surface area contributed by atoms with Crippen molar-refractivity contribution in [3.63, 3.8) is 0 Å². The van der Waals surface area contributed by atoms with E-state index in [0.717, 1.165) is 6.42 Å². The summed E-state index contributed by atoms with van der Waals surface area (Å²) in [5, 5.41) is 2.25. The monoisotopic (exact) mass is 228 g/mol. The van der Waals surface area contributed by atoms with Gasteiger partial charge in [0.05, 0.1) is 0 Å². The number of carbonyl (C=O) groups is 1. The summed E-state index contributed by atoms with van der Waals surface area (Å²) in [5.41, 5.74) is 5.30. The maximum absolute atomic E-state index is 11.7. The summed E-state index contributed by atoms with van der Waals surface area (Å²) in [6.07, 6.45) is -4.20. The van der Waals surface area contributed by atoms with Crippen LogP contribution in [0.4, 0.5) is 18.0 Å². The highest BCUT2D eigenvalue weighted by atomic mass is 19.4. The molecule has 0 saturated heterocycles. The van der Waals surface area contributed by atoms with E-state index in [4.69, 9.17) is 5.73 Å². The van der Waals surface area contributed by atoms with Gasteiger partial charge in [0.1, 0.15) is 0 Å². The van der Waals surface area contributed by atoms with Crippen LogP contribution in [0.15, 0.2) is 0 Å². The van der Waals surface area contributed by atoms with E-state index in [1.807, 2.05) is 6.92 Å². The molecule has 0 heterocycles. The molecule has 0 bridgehead atoms. The van der Waals surface area contributed by atoms with Crippen LogP contribution in [0.3, 0.4) is 0 Å². The van der Waals surface area contributed by atoms with Crippen LogP contribution in [0.25, 0.3) is 0 Å². The highest BCUT2D eigenvalue weighted by molar-refractivity contribution is 5.67. The number of ether oxygens (including phenoxy) is 1.